The van der Waals surface area contributed by atoms with E-state index in [1.165, 1.54) is 54.2 Å². The molecule has 2 aromatic heterocycles. The highest BCUT2D eigenvalue weighted by Crippen LogP contribution is 2.43. The first-order valence-corrected chi connectivity index (χ1v) is 17.6. The Labute approximate surface area is 301 Å². The topological polar surface area (TPSA) is 38.7 Å². The van der Waals surface area contributed by atoms with Crippen molar-refractivity contribution in [3.05, 3.63) is 188 Å². The molecule has 0 saturated heterocycles. The van der Waals surface area contributed by atoms with Gasteiger partial charge in [-0.3, -0.25) is 4.98 Å². The van der Waals surface area contributed by atoms with Gasteiger partial charge in [-0.2, -0.15) is 0 Å². The molecule has 52 heavy (non-hydrogen) atoms. The minimum Gasteiger partial charge on any atom is -0.264 e. The van der Waals surface area contributed by atoms with Gasteiger partial charge in [-0.25, -0.2) is 9.97 Å². The molecule has 242 valence electrons. The van der Waals surface area contributed by atoms with E-state index >= 15 is 0 Å². The minimum atomic E-state index is 0.692. The highest BCUT2D eigenvalue weighted by Gasteiger charge is 2.16. The number of fused-ring (bicyclic) bond motifs is 8. The second-order valence-electron chi connectivity index (χ2n) is 13.2. The molecule has 0 unspecified atom stereocenters. The van der Waals surface area contributed by atoms with Crippen molar-refractivity contribution in [2.45, 2.75) is 0 Å². The third-order valence-corrected chi connectivity index (χ3v) is 10.2. The standard InChI is InChI=1S/C49H31N3/c1-2-11-34(12-3-1)46-30-47(52-49(51-46)36-26-20-32(21-27-36)37-13-10-28-50-31-37)35-24-22-33(23-25-35)44-29-45-40-16-5-4-14-38(40)39-15-6-8-18-42(39)48(45)43-19-9-7-17-41(43)44/h1-31H. The third kappa shape index (κ3) is 5.10. The Bertz CT molecular complexity index is 2920. The molecule has 2 heterocycles. The van der Waals surface area contributed by atoms with Crippen LogP contribution < -0.4 is 0 Å². The van der Waals surface area contributed by atoms with E-state index in [-0.39, 0.29) is 0 Å². The molecule has 8 aromatic carbocycles. The van der Waals surface area contributed by atoms with Crippen LogP contribution in [0.15, 0.2) is 188 Å². The van der Waals surface area contributed by atoms with Crippen LogP contribution >= 0.6 is 0 Å². The molecule has 0 aliphatic heterocycles. The molecular weight excluding hydrogens is 631 g/mol. The maximum atomic E-state index is 5.13. The van der Waals surface area contributed by atoms with E-state index in [1.807, 2.05) is 30.5 Å². The predicted molar refractivity (Wildman–Crippen MR) is 217 cm³/mol. The Kier molecular flexibility index (Phi) is 7.14. The molecule has 3 heteroatoms. The van der Waals surface area contributed by atoms with Crippen LogP contribution in [0.3, 0.4) is 0 Å². The lowest BCUT2D eigenvalue weighted by molar-refractivity contribution is 1.18. The van der Waals surface area contributed by atoms with Crippen molar-refractivity contribution in [1.29, 1.82) is 0 Å². The summed E-state index contributed by atoms with van der Waals surface area (Å²) in [6.07, 6.45) is 3.68. The third-order valence-electron chi connectivity index (χ3n) is 10.2. The normalized spacial score (nSPS) is 11.5. The van der Waals surface area contributed by atoms with Crippen molar-refractivity contribution in [2.24, 2.45) is 0 Å². The second-order valence-corrected chi connectivity index (χ2v) is 13.2. The van der Waals surface area contributed by atoms with Gasteiger partial charge < -0.3 is 0 Å². The quantitative estimate of drug-likeness (QED) is 0.172. The SMILES string of the molecule is c1ccc(-c2cc(-c3ccc(-c4cc5c6ccccc6c6ccccc6c5c5ccccc45)cc3)nc(-c3ccc(-c4cccnc4)cc3)n2)cc1. The van der Waals surface area contributed by atoms with Crippen LogP contribution in [0, 0.1) is 0 Å². The van der Waals surface area contributed by atoms with Crippen LogP contribution in [0.1, 0.15) is 0 Å². The van der Waals surface area contributed by atoms with Crippen molar-refractivity contribution in [3.8, 4) is 56.2 Å². The lowest BCUT2D eigenvalue weighted by Gasteiger charge is -2.16. The molecule has 0 atom stereocenters. The van der Waals surface area contributed by atoms with E-state index in [1.54, 1.807) is 6.20 Å². The van der Waals surface area contributed by atoms with Crippen LogP contribution in [-0.2, 0) is 0 Å². The predicted octanol–water partition coefficient (Wildman–Crippen LogP) is 12.8. The molecule has 0 amide bonds. The fourth-order valence-electron chi connectivity index (χ4n) is 7.65. The number of benzene rings is 8. The number of nitrogens with zero attached hydrogens (tertiary/aromatic N) is 3. The zero-order chi connectivity index (χ0) is 34.4. The molecule has 0 fully saturated rings. The van der Waals surface area contributed by atoms with Crippen molar-refractivity contribution in [2.75, 3.05) is 0 Å². The zero-order valence-corrected chi connectivity index (χ0v) is 28.2. The summed E-state index contributed by atoms with van der Waals surface area (Å²) in [5.74, 6) is 0.692. The van der Waals surface area contributed by atoms with Crippen molar-refractivity contribution >= 4 is 43.1 Å². The summed E-state index contributed by atoms with van der Waals surface area (Å²) in [4.78, 5) is 14.5. The molecule has 10 rings (SSSR count). The van der Waals surface area contributed by atoms with Gasteiger partial charge in [0, 0.05) is 29.1 Å². The van der Waals surface area contributed by atoms with Gasteiger partial charge in [0.05, 0.1) is 11.4 Å². The highest BCUT2D eigenvalue weighted by atomic mass is 14.9. The number of aromatic nitrogens is 3. The zero-order valence-electron chi connectivity index (χ0n) is 28.2. The van der Waals surface area contributed by atoms with Gasteiger partial charge in [0.2, 0.25) is 0 Å². The largest absolute Gasteiger partial charge is 0.264 e. The summed E-state index contributed by atoms with van der Waals surface area (Å²) in [6, 6.07) is 62.5. The molecule has 0 bridgehead atoms. The molecule has 10 aromatic rings. The van der Waals surface area contributed by atoms with Crippen LogP contribution in [0.4, 0.5) is 0 Å². The average Bonchev–Trinajstić information content (AvgIpc) is 3.24. The number of hydrogen-bond donors (Lipinski definition) is 0. The highest BCUT2D eigenvalue weighted by molar-refractivity contribution is 6.33. The van der Waals surface area contributed by atoms with E-state index in [0.717, 1.165) is 39.2 Å². The van der Waals surface area contributed by atoms with Gasteiger partial charge in [0.1, 0.15) is 0 Å². The Morgan fingerprint density at radius 3 is 1.44 bits per heavy atom. The van der Waals surface area contributed by atoms with Gasteiger partial charge in [-0.05, 0) is 83.5 Å². The molecule has 0 spiro atoms. The first-order valence-electron chi connectivity index (χ1n) is 17.6. The van der Waals surface area contributed by atoms with Gasteiger partial charge in [0.25, 0.3) is 0 Å². The van der Waals surface area contributed by atoms with Crippen LogP contribution in [0.5, 0.6) is 0 Å². The molecule has 0 saturated carbocycles. The van der Waals surface area contributed by atoms with Crippen molar-refractivity contribution in [1.82, 2.24) is 15.0 Å². The van der Waals surface area contributed by atoms with E-state index in [2.05, 4.69) is 157 Å². The lowest BCUT2D eigenvalue weighted by Crippen LogP contribution is -1.96. The van der Waals surface area contributed by atoms with E-state index in [0.29, 0.717) is 5.82 Å². The molecular formula is C49H31N3. The molecule has 0 aliphatic rings. The Balaban J connectivity index is 1.11. The minimum absolute atomic E-state index is 0.692. The molecule has 0 N–H and O–H groups in total. The van der Waals surface area contributed by atoms with E-state index < -0.39 is 0 Å². The van der Waals surface area contributed by atoms with Crippen LogP contribution in [-0.4, -0.2) is 15.0 Å². The van der Waals surface area contributed by atoms with Gasteiger partial charge in [0.15, 0.2) is 5.82 Å². The summed E-state index contributed by atoms with van der Waals surface area (Å²) >= 11 is 0. The number of pyridine rings is 1. The second kappa shape index (κ2) is 12.4. The van der Waals surface area contributed by atoms with E-state index in [9.17, 15) is 0 Å². The van der Waals surface area contributed by atoms with Crippen molar-refractivity contribution in [3.63, 3.8) is 0 Å². The fourth-order valence-corrected chi connectivity index (χ4v) is 7.65. The Morgan fingerprint density at radius 1 is 0.308 bits per heavy atom. The maximum Gasteiger partial charge on any atom is 0.160 e. The van der Waals surface area contributed by atoms with Crippen LogP contribution in [0.25, 0.3) is 99.2 Å². The summed E-state index contributed by atoms with van der Waals surface area (Å²) in [5.41, 5.74) is 9.40. The smallest absolute Gasteiger partial charge is 0.160 e. The van der Waals surface area contributed by atoms with Gasteiger partial charge in [-0.15, -0.1) is 0 Å². The van der Waals surface area contributed by atoms with E-state index in [4.69, 9.17) is 9.97 Å². The first kappa shape index (κ1) is 29.9. The summed E-state index contributed by atoms with van der Waals surface area (Å²) < 4.78 is 0. The maximum absolute atomic E-state index is 5.13. The van der Waals surface area contributed by atoms with Gasteiger partial charge >= 0.3 is 0 Å². The Hall–Kier alpha value is -6.97. The first-order chi connectivity index (χ1) is 25.8. The van der Waals surface area contributed by atoms with Crippen LogP contribution in [0.2, 0.25) is 0 Å². The lowest BCUT2D eigenvalue weighted by atomic mass is 9.87. The summed E-state index contributed by atoms with van der Waals surface area (Å²) in [6.45, 7) is 0. The Morgan fingerprint density at radius 2 is 0.788 bits per heavy atom. The molecule has 0 radical (unpaired) electrons. The monoisotopic (exact) mass is 661 g/mol. The van der Waals surface area contributed by atoms with Crippen molar-refractivity contribution < 1.29 is 0 Å². The molecule has 3 nitrogen and oxygen atoms in total. The summed E-state index contributed by atoms with van der Waals surface area (Å²) in [5, 5.41) is 10.2. The summed E-state index contributed by atoms with van der Waals surface area (Å²) in [7, 11) is 0. The number of rotatable bonds is 5. The van der Waals surface area contributed by atoms with Gasteiger partial charge in [-0.1, -0.05) is 158 Å². The average molecular weight is 662 g/mol. The fraction of sp³-hybridized carbons (Fsp3) is 0. The molecule has 0 aliphatic carbocycles. The number of hydrogen-bond acceptors (Lipinski definition) is 3.